The van der Waals surface area contributed by atoms with Crippen molar-refractivity contribution >= 4 is 17.7 Å². The molecule has 0 spiro atoms. The minimum Gasteiger partial charge on any atom is -0.447 e. The van der Waals surface area contributed by atoms with Gasteiger partial charge in [0.05, 0.1) is 0 Å². The summed E-state index contributed by atoms with van der Waals surface area (Å²) >= 11 is 0. The van der Waals surface area contributed by atoms with Crippen LogP contribution in [0.3, 0.4) is 0 Å². The molecule has 0 radical (unpaired) electrons. The van der Waals surface area contributed by atoms with Gasteiger partial charge in [-0.3, -0.25) is 4.79 Å². The number of carbonyl (C=O) groups excluding carboxylic acids is 2. The van der Waals surface area contributed by atoms with Crippen LogP contribution in [-0.2, 0) is 9.53 Å². The number of amides is 2. The fourth-order valence-corrected chi connectivity index (χ4v) is 1.62. The Labute approximate surface area is 99.2 Å². The Morgan fingerprint density at radius 3 is 2.88 bits per heavy atom. The third kappa shape index (κ3) is 2.55. The fourth-order valence-electron chi connectivity index (χ4n) is 1.62. The topological polar surface area (TPSA) is 67.4 Å². The second-order valence-electron chi connectivity index (χ2n) is 4.10. The van der Waals surface area contributed by atoms with Crippen molar-refractivity contribution in [1.82, 2.24) is 5.32 Å². The zero-order valence-corrected chi connectivity index (χ0v) is 9.74. The van der Waals surface area contributed by atoms with Gasteiger partial charge in [-0.25, -0.2) is 4.79 Å². The van der Waals surface area contributed by atoms with Crippen LogP contribution in [0.5, 0.6) is 0 Å². The number of anilines is 1. The summed E-state index contributed by atoms with van der Waals surface area (Å²) in [4.78, 5) is 22.6. The molecule has 1 atom stereocenters. The Bertz CT molecular complexity index is 471. The standard InChI is InChI=1S/C12H14N2O3/c1-7-3-4-8(2)9(5-7)13-11(15)10-6-17-12(16)14-10/h3-5,10H,6H2,1-2H3,(H,13,15)(H,14,16). The van der Waals surface area contributed by atoms with Crippen LogP contribution in [0.1, 0.15) is 11.1 Å². The molecule has 0 saturated carbocycles. The summed E-state index contributed by atoms with van der Waals surface area (Å²) in [6.45, 7) is 3.95. The average Bonchev–Trinajstić information content (AvgIpc) is 2.70. The van der Waals surface area contributed by atoms with E-state index in [1.165, 1.54) is 0 Å². The van der Waals surface area contributed by atoms with Gasteiger partial charge in [0.1, 0.15) is 12.6 Å². The van der Waals surface area contributed by atoms with Crippen molar-refractivity contribution in [2.75, 3.05) is 11.9 Å². The molecule has 5 heteroatoms. The van der Waals surface area contributed by atoms with Crippen LogP contribution in [0, 0.1) is 13.8 Å². The van der Waals surface area contributed by atoms with Gasteiger partial charge < -0.3 is 15.4 Å². The lowest BCUT2D eigenvalue weighted by Gasteiger charge is -2.11. The molecule has 2 N–H and O–H groups in total. The quantitative estimate of drug-likeness (QED) is 0.811. The monoisotopic (exact) mass is 234 g/mol. The minimum absolute atomic E-state index is 0.0789. The van der Waals surface area contributed by atoms with Gasteiger partial charge in [-0.15, -0.1) is 0 Å². The van der Waals surface area contributed by atoms with E-state index >= 15 is 0 Å². The fraction of sp³-hybridized carbons (Fsp3) is 0.333. The molecule has 1 fully saturated rings. The van der Waals surface area contributed by atoms with Gasteiger partial charge in [-0.2, -0.15) is 0 Å². The van der Waals surface area contributed by atoms with Crippen molar-refractivity contribution < 1.29 is 14.3 Å². The number of rotatable bonds is 2. The molecule has 2 amide bonds. The normalized spacial score (nSPS) is 18.5. The molecule has 1 aliphatic rings. The van der Waals surface area contributed by atoms with Gasteiger partial charge in [0.25, 0.3) is 5.91 Å². The second kappa shape index (κ2) is 4.45. The molecule has 17 heavy (non-hydrogen) atoms. The molecule has 0 aromatic heterocycles. The maximum absolute atomic E-state index is 11.8. The lowest BCUT2D eigenvalue weighted by molar-refractivity contribution is -0.117. The Morgan fingerprint density at radius 2 is 2.24 bits per heavy atom. The van der Waals surface area contributed by atoms with E-state index in [9.17, 15) is 9.59 Å². The van der Waals surface area contributed by atoms with E-state index in [1.807, 2.05) is 32.0 Å². The molecule has 1 heterocycles. The van der Waals surface area contributed by atoms with E-state index in [0.29, 0.717) is 0 Å². The number of hydrogen-bond acceptors (Lipinski definition) is 3. The number of benzene rings is 1. The Morgan fingerprint density at radius 1 is 1.47 bits per heavy atom. The van der Waals surface area contributed by atoms with Gasteiger partial charge in [0, 0.05) is 5.69 Å². The first kappa shape index (κ1) is 11.4. The van der Waals surface area contributed by atoms with Crippen molar-refractivity contribution in [2.45, 2.75) is 19.9 Å². The van der Waals surface area contributed by atoms with Crippen LogP contribution in [0.4, 0.5) is 10.5 Å². The highest BCUT2D eigenvalue weighted by Gasteiger charge is 2.28. The molecule has 0 aliphatic carbocycles. The smallest absolute Gasteiger partial charge is 0.407 e. The maximum Gasteiger partial charge on any atom is 0.407 e. The van der Waals surface area contributed by atoms with Gasteiger partial charge >= 0.3 is 6.09 Å². The number of nitrogens with one attached hydrogen (secondary N) is 2. The Hall–Kier alpha value is -2.04. The predicted molar refractivity (Wildman–Crippen MR) is 62.8 cm³/mol. The van der Waals surface area contributed by atoms with E-state index in [0.717, 1.165) is 16.8 Å². The van der Waals surface area contributed by atoms with E-state index in [4.69, 9.17) is 0 Å². The molecule has 1 saturated heterocycles. The largest absolute Gasteiger partial charge is 0.447 e. The molecule has 5 nitrogen and oxygen atoms in total. The van der Waals surface area contributed by atoms with Crippen molar-refractivity contribution in [1.29, 1.82) is 0 Å². The summed E-state index contributed by atoms with van der Waals surface area (Å²) < 4.78 is 4.67. The molecular formula is C12H14N2O3. The van der Waals surface area contributed by atoms with E-state index in [-0.39, 0.29) is 12.5 Å². The molecule has 2 rings (SSSR count). The molecule has 0 bridgehead atoms. The molecular weight excluding hydrogens is 220 g/mol. The number of carbonyl (C=O) groups is 2. The van der Waals surface area contributed by atoms with E-state index in [1.54, 1.807) is 0 Å². The van der Waals surface area contributed by atoms with Crippen molar-refractivity contribution in [3.63, 3.8) is 0 Å². The van der Waals surface area contributed by atoms with Crippen LogP contribution in [0.2, 0.25) is 0 Å². The number of cyclic esters (lactones) is 1. The lowest BCUT2D eigenvalue weighted by atomic mass is 10.1. The summed E-state index contributed by atoms with van der Waals surface area (Å²) in [7, 11) is 0. The first-order chi connectivity index (χ1) is 8.06. The first-order valence-corrected chi connectivity index (χ1v) is 5.37. The van der Waals surface area contributed by atoms with Gasteiger partial charge in [0.15, 0.2) is 0 Å². The highest BCUT2D eigenvalue weighted by molar-refractivity contribution is 5.98. The van der Waals surface area contributed by atoms with E-state index < -0.39 is 12.1 Å². The predicted octanol–water partition coefficient (Wildman–Crippen LogP) is 1.35. The van der Waals surface area contributed by atoms with Crippen molar-refractivity contribution in [3.05, 3.63) is 29.3 Å². The average molecular weight is 234 g/mol. The summed E-state index contributed by atoms with van der Waals surface area (Å²) in [6, 6.07) is 5.20. The van der Waals surface area contributed by atoms with E-state index in [2.05, 4.69) is 15.4 Å². The number of ether oxygens (including phenoxy) is 1. The minimum atomic E-state index is -0.609. The Kier molecular flexibility index (Phi) is 2.99. The Balaban J connectivity index is 2.07. The van der Waals surface area contributed by atoms with Crippen molar-refractivity contribution in [3.8, 4) is 0 Å². The van der Waals surface area contributed by atoms with Crippen LogP contribution in [0.15, 0.2) is 18.2 Å². The third-order valence-corrected chi connectivity index (χ3v) is 2.64. The first-order valence-electron chi connectivity index (χ1n) is 5.37. The highest BCUT2D eigenvalue weighted by Crippen LogP contribution is 2.16. The summed E-state index contributed by atoms with van der Waals surface area (Å²) in [5.41, 5.74) is 2.81. The molecule has 1 aromatic carbocycles. The van der Waals surface area contributed by atoms with Crippen LogP contribution in [0.25, 0.3) is 0 Å². The number of aryl methyl sites for hydroxylation is 2. The molecule has 1 unspecified atom stereocenters. The summed E-state index contributed by atoms with van der Waals surface area (Å²) in [5, 5.41) is 5.21. The molecule has 1 aliphatic heterocycles. The molecule has 1 aromatic rings. The third-order valence-electron chi connectivity index (χ3n) is 2.64. The van der Waals surface area contributed by atoms with Crippen LogP contribution in [-0.4, -0.2) is 24.6 Å². The summed E-state index contributed by atoms with van der Waals surface area (Å²) in [5.74, 6) is -0.260. The van der Waals surface area contributed by atoms with Gasteiger partial charge in [-0.05, 0) is 31.0 Å². The zero-order chi connectivity index (χ0) is 12.4. The second-order valence-corrected chi connectivity index (χ2v) is 4.10. The van der Waals surface area contributed by atoms with Gasteiger partial charge in [-0.1, -0.05) is 12.1 Å². The zero-order valence-electron chi connectivity index (χ0n) is 9.74. The SMILES string of the molecule is Cc1ccc(C)c(NC(=O)C2COC(=O)N2)c1. The molecule has 90 valence electrons. The number of hydrogen-bond donors (Lipinski definition) is 2. The summed E-state index contributed by atoms with van der Waals surface area (Å²) in [6.07, 6.45) is -0.550. The number of alkyl carbamates (subject to hydrolysis) is 1. The van der Waals surface area contributed by atoms with Crippen LogP contribution >= 0.6 is 0 Å². The lowest BCUT2D eigenvalue weighted by Crippen LogP contribution is -2.38. The van der Waals surface area contributed by atoms with Crippen molar-refractivity contribution in [2.24, 2.45) is 0 Å². The maximum atomic E-state index is 11.8. The van der Waals surface area contributed by atoms with Gasteiger partial charge in [0.2, 0.25) is 0 Å². The highest BCUT2D eigenvalue weighted by atomic mass is 16.6. The van der Waals surface area contributed by atoms with Crippen LogP contribution < -0.4 is 10.6 Å².